The SMILES string of the molecule is CN1CCCC(NS(=O)(=O)CCOc2ccccc2)C1.O=CO. The van der Waals surface area contributed by atoms with Gasteiger partial charge in [0.15, 0.2) is 0 Å². The van der Waals surface area contributed by atoms with Crippen molar-refractivity contribution in [3.8, 4) is 5.75 Å². The maximum absolute atomic E-state index is 12.0. The molecule has 1 aliphatic heterocycles. The van der Waals surface area contributed by atoms with E-state index in [9.17, 15) is 8.42 Å². The van der Waals surface area contributed by atoms with Crippen LogP contribution in [0.2, 0.25) is 0 Å². The fourth-order valence-corrected chi connectivity index (χ4v) is 3.48. The van der Waals surface area contributed by atoms with E-state index in [1.165, 1.54) is 0 Å². The highest BCUT2D eigenvalue weighted by molar-refractivity contribution is 7.89. The number of hydrogen-bond donors (Lipinski definition) is 2. The third-order valence-corrected chi connectivity index (χ3v) is 4.73. The first-order chi connectivity index (χ1) is 11.0. The lowest BCUT2D eigenvalue weighted by atomic mass is 10.1. The molecule has 8 heteroatoms. The van der Waals surface area contributed by atoms with Crippen LogP contribution >= 0.6 is 0 Å². The zero-order valence-corrected chi connectivity index (χ0v) is 14.0. The number of piperidine rings is 1. The van der Waals surface area contributed by atoms with E-state index in [2.05, 4.69) is 9.62 Å². The molecule has 130 valence electrons. The third-order valence-electron chi connectivity index (χ3n) is 3.33. The smallest absolute Gasteiger partial charge is 0.290 e. The molecule has 0 saturated carbocycles. The molecular formula is C15H24N2O5S. The standard InChI is InChI=1S/C14H22N2O3S.CH2O2/c1-16-9-5-6-13(12-16)15-20(17,18)11-10-19-14-7-3-2-4-8-14;2-1-3/h2-4,7-8,13,15H,5-6,9-12H2,1H3;1H,(H,2,3). The molecule has 23 heavy (non-hydrogen) atoms. The Labute approximate surface area is 137 Å². The van der Waals surface area contributed by atoms with Crippen LogP contribution in [-0.4, -0.2) is 63.4 Å². The molecule has 0 aromatic heterocycles. The molecule has 1 fully saturated rings. The van der Waals surface area contributed by atoms with E-state index in [1.54, 1.807) is 0 Å². The zero-order chi connectivity index (χ0) is 17.1. The number of hydrogen-bond acceptors (Lipinski definition) is 5. The second-order valence-corrected chi connectivity index (χ2v) is 7.18. The van der Waals surface area contributed by atoms with Crippen molar-refractivity contribution in [1.29, 1.82) is 0 Å². The van der Waals surface area contributed by atoms with E-state index in [-0.39, 0.29) is 24.9 Å². The number of carbonyl (C=O) groups is 1. The van der Waals surface area contributed by atoms with Gasteiger partial charge in [-0.25, -0.2) is 13.1 Å². The Morgan fingerprint density at radius 1 is 1.39 bits per heavy atom. The highest BCUT2D eigenvalue weighted by Crippen LogP contribution is 2.10. The number of ether oxygens (including phenoxy) is 1. The van der Waals surface area contributed by atoms with Crippen molar-refractivity contribution in [3.63, 3.8) is 0 Å². The van der Waals surface area contributed by atoms with E-state index in [0.29, 0.717) is 5.75 Å². The highest BCUT2D eigenvalue weighted by atomic mass is 32.2. The Bertz CT molecular complexity index is 550. The molecule has 1 aliphatic rings. The van der Waals surface area contributed by atoms with E-state index < -0.39 is 10.0 Å². The van der Waals surface area contributed by atoms with Gasteiger partial charge >= 0.3 is 0 Å². The molecule has 1 atom stereocenters. The Kier molecular flexibility index (Phi) is 8.60. The van der Waals surface area contributed by atoms with E-state index >= 15 is 0 Å². The van der Waals surface area contributed by atoms with Gasteiger partial charge in [0.1, 0.15) is 12.4 Å². The summed E-state index contributed by atoms with van der Waals surface area (Å²) in [5.74, 6) is 0.683. The van der Waals surface area contributed by atoms with Gasteiger partial charge in [0, 0.05) is 12.6 Å². The number of likely N-dealkylation sites (N-methyl/N-ethyl adjacent to an activating group) is 1. The molecule has 0 bridgehead atoms. The lowest BCUT2D eigenvalue weighted by molar-refractivity contribution is -0.122. The van der Waals surface area contributed by atoms with Crippen LogP contribution < -0.4 is 9.46 Å². The van der Waals surface area contributed by atoms with Crippen molar-refractivity contribution >= 4 is 16.5 Å². The van der Waals surface area contributed by atoms with Crippen LogP contribution in [0.15, 0.2) is 30.3 Å². The third kappa shape index (κ3) is 8.53. The largest absolute Gasteiger partial charge is 0.492 e. The molecule has 1 saturated heterocycles. The minimum absolute atomic E-state index is 0.0118. The fourth-order valence-electron chi connectivity index (χ4n) is 2.36. The van der Waals surface area contributed by atoms with Gasteiger partial charge in [-0.3, -0.25) is 4.79 Å². The van der Waals surface area contributed by atoms with Crippen molar-refractivity contribution in [3.05, 3.63) is 30.3 Å². The molecule has 0 aliphatic carbocycles. The number of nitrogens with zero attached hydrogens (tertiary/aromatic N) is 1. The summed E-state index contributed by atoms with van der Waals surface area (Å²) in [5, 5.41) is 6.89. The van der Waals surface area contributed by atoms with Gasteiger partial charge < -0.3 is 14.7 Å². The molecule has 0 radical (unpaired) electrons. The first kappa shape index (κ1) is 19.4. The quantitative estimate of drug-likeness (QED) is 0.741. The molecule has 1 aromatic carbocycles. The van der Waals surface area contributed by atoms with Crippen LogP contribution in [0, 0.1) is 0 Å². The molecule has 7 nitrogen and oxygen atoms in total. The Balaban J connectivity index is 0.000000816. The van der Waals surface area contributed by atoms with Crippen LogP contribution in [0.5, 0.6) is 5.75 Å². The second-order valence-electron chi connectivity index (χ2n) is 5.31. The van der Waals surface area contributed by atoms with Crippen molar-refractivity contribution < 1.29 is 23.1 Å². The molecule has 2 rings (SSSR count). The van der Waals surface area contributed by atoms with Gasteiger partial charge in [-0.15, -0.1) is 0 Å². The van der Waals surface area contributed by atoms with E-state index in [0.717, 1.165) is 25.9 Å². The van der Waals surface area contributed by atoms with E-state index in [4.69, 9.17) is 14.6 Å². The Morgan fingerprint density at radius 3 is 2.65 bits per heavy atom. The first-order valence-electron chi connectivity index (χ1n) is 7.41. The van der Waals surface area contributed by atoms with E-state index in [1.807, 2.05) is 37.4 Å². The Morgan fingerprint density at radius 2 is 2.04 bits per heavy atom. The summed E-state index contributed by atoms with van der Waals surface area (Å²) in [7, 11) is -1.26. The minimum Gasteiger partial charge on any atom is -0.492 e. The number of nitrogens with one attached hydrogen (secondary N) is 1. The topological polar surface area (TPSA) is 95.9 Å². The summed E-state index contributed by atoms with van der Waals surface area (Å²) in [4.78, 5) is 10.5. The zero-order valence-electron chi connectivity index (χ0n) is 13.2. The maximum Gasteiger partial charge on any atom is 0.290 e. The van der Waals surface area contributed by atoms with Gasteiger partial charge in [0.2, 0.25) is 10.0 Å². The molecule has 0 spiro atoms. The van der Waals surface area contributed by atoms with Crippen LogP contribution in [0.1, 0.15) is 12.8 Å². The molecule has 1 heterocycles. The summed E-state index contributed by atoms with van der Waals surface area (Å²) in [6.07, 6.45) is 1.94. The van der Waals surface area contributed by atoms with Crippen molar-refractivity contribution in [2.75, 3.05) is 32.5 Å². The number of likely N-dealkylation sites (tertiary alicyclic amines) is 1. The molecule has 0 amide bonds. The first-order valence-corrected chi connectivity index (χ1v) is 9.06. The summed E-state index contributed by atoms with van der Waals surface area (Å²) in [6, 6.07) is 9.27. The minimum atomic E-state index is -3.28. The number of benzene rings is 1. The van der Waals surface area contributed by atoms with Crippen LogP contribution in [0.25, 0.3) is 0 Å². The predicted octanol–water partition coefficient (Wildman–Crippen LogP) is 0.780. The normalized spacial score (nSPS) is 18.6. The number of sulfonamides is 1. The van der Waals surface area contributed by atoms with Crippen LogP contribution in [-0.2, 0) is 14.8 Å². The van der Waals surface area contributed by atoms with Gasteiger partial charge in [0.05, 0.1) is 5.75 Å². The molecular weight excluding hydrogens is 320 g/mol. The molecule has 1 aromatic rings. The van der Waals surface area contributed by atoms with Crippen LogP contribution in [0.4, 0.5) is 0 Å². The predicted molar refractivity (Wildman–Crippen MR) is 88.1 cm³/mol. The monoisotopic (exact) mass is 344 g/mol. The van der Waals surface area contributed by atoms with Crippen LogP contribution in [0.3, 0.4) is 0 Å². The lowest BCUT2D eigenvalue weighted by Gasteiger charge is -2.29. The fraction of sp³-hybridized carbons (Fsp3) is 0.533. The maximum atomic E-state index is 12.0. The highest BCUT2D eigenvalue weighted by Gasteiger charge is 2.22. The molecule has 1 unspecified atom stereocenters. The second kappa shape index (κ2) is 10.2. The lowest BCUT2D eigenvalue weighted by Crippen LogP contribution is -2.47. The van der Waals surface area contributed by atoms with Gasteiger partial charge in [-0.05, 0) is 38.6 Å². The number of rotatable bonds is 6. The van der Waals surface area contributed by atoms with Crippen molar-refractivity contribution in [2.24, 2.45) is 0 Å². The van der Waals surface area contributed by atoms with Crippen molar-refractivity contribution in [1.82, 2.24) is 9.62 Å². The number of para-hydroxylation sites is 1. The van der Waals surface area contributed by atoms with Crippen molar-refractivity contribution in [2.45, 2.75) is 18.9 Å². The molecule has 2 N–H and O–H groups in total. The average Bonchev–Trinajstić information content (AvgIpc) is 2.48. The average molecular weight is 344 g/mol. The van der Waals surface area contributed by atoms with Gasteiger partial charge in [0.25, 0.3) is 6.47 Å². The Hall–Kier alpha value is -1.64. The summed E-state index contributed by atoms with van der Waals surface area (Å²) < 4.78 is 32.2. The van der Waals surface area contributed by atoms with Gasteiger partial charge in [-0.2, -0.15) is 0 Å². The van der Waals surface area contributed by atoms with Gasteiger partial charge in [-0.1, -0.05) is 18.2 Å². The summed E-state index contributed by atoms with van der Waals surface area (Å²) in [5.41, 5.74) is 0. The summed E-state index contributed by atoms with van der Waals surface area (Å²) >= 11 is 0. The summed E-state index contributed by atoms with van der Waals surface area (Å²) in [6.45, 7) is 1.73. The number of carboxylic acid groups (broad SMARTS) is 1.